The minimum atomic E-state index is 0.727. The Morgan fingerprint density at radius 1 is 0.889 bits per heavy atom. The number of aryl methyl sites for hydroxylation is 2. The van der Waals surface area contributed by atoms with Crippen molar-refractivity contribution in [3.05, 3.63) is 65.7 Å². The van der Waals surface area contributed by atoms with E-state index in [0.717, 1.165) is 55.0 Å². The van der Waals surface area contributed by atoms with Crippen LogP contribution in [0.3, 0.4) is 0 Å². The van der Waals surface area contributed by atoms with Crippen molar-refractivity contribution in [3.63, 3.8) is 0 Å². The van der Waals surface area contributed by atoms with Gasteiger partial charge in [0.1, 0.15) is 11.6 Å². The molecule has 0 unspecified atom stereocenters. The molecule has 1 aliphatic rings. The van der Waals surface area contributed by atoms with E-state index in [9.17, 15) is 0 Å². The lowest BCUT2D eigenvalue weighted by atomic mass is 10.1. The molecule has 1 fully saturated rings. The molecule has 1 N–H and O–H groups in total. The van der Waals surface area contributed by atoms with Crippen molar-refractivity contribution in [1.82, 2.24) is 9.97 Å². The average molecular weight is 360 g/mol. The van der Waals surface area contributed by atoms with Crippen molar-refractivity contribution in [3.8, 4) is 11.4 Å². The number of ether oxygens (including phenoxy) is 1. The van der Waals surface area contributed by atoms with Crippen molar-refractivity contribution in [1.29, 1.82) is 0 Å². The summed E-state index contributed by atoms with van der Waals surface area (Å²) in [5.41, 5.74) is 4.58. The van der Waals surface area contributed by atoms with E-state index in [2.05, 4.69) is 42.3 Å². The summed E-state index contributed by atoms with van der Waals surface area (Å²) >= 11 is 0. The van der Waals surface area contributed by atoms with Gasteiger partial charge in [-0.25, -0.2) is 9.97 Å². The number of aromatic nitrogens is 2. The molecule has 0 bridgehead atoms. The third-order valence-electron chi connectivity index (χ3n) is 4.86. The maximum Gasteiger partial charge on any atom is 0.163 e. The summed E-state index contributed by atoms with van der Waals surface area (Å²) in [6.45, 7) is 7.38. The highest BCUT2D eigenvalue weighted by atomic mass is 16.5. The molecule has 4 rings (SSSR count). The molecule has 2 heterocycles. The highest BCUT2D eigenvalue weighted by molar-refractivity contribution is 5.66. The highest BCUT2D eigenvalue weighted by Gasteiger charge is 2.16. The van der Waals surface area contributed by atoms with Gasteiger partial charge in [-0.15, -0.1) is 0 Å². The maximum absolute atomic E-state index is 5.49. The van der Waals surface area contributed by atoms with Gasteiger partial charge in [0, 0.05) is 30.4 Å². The van der Waals surface area contributed by atoms with E-state index >= 15 is 0 Å². The number of nitrogens with one attached hydrogen (secondary N) is 1. The van der Waals surface area contributed by atoms with Gasteiger partial charge in [-0.05, 0) is 37.1 Å². The second-order valence-electron chi connectivity index (χ2n) is 6.82. The van der Waals surface area contributed by atoms with Crippen molar-refractivity contribution in [2.75, 3.05) is 36.5 Å². The summed E-state index contributed by atoms with van der Waals surface area (Å²) in [6, 6.07) is 18.5. The molecule has 0 atom stereocenters. The minimum Gasteiger partial charge on any atom is -0.378 e. The molecule has 2 aromatic carbocycles. The molecule has 138 valence electrons. The Bertz CT molecular complexity index is 921. The van der Waals surface area contributed by atoms with E-state index in [4.69, 9.17) is 14.7 Å². The second-order valence-corrected chi connectivity index (χ2v) is 6.82. The lowest BCUT2D eigenvalue weighted by molar-refractivity contribution is 0.122. The molecule has 1 aliphatic heterocycles. The maximum atomic E-state index is 5.49. The molecular weight excluding hydrogens is 336 g/mol. The average Bonchev–Trinajstić information content (AvgIpc) is 2.72. The Labute approximate surface area is 160 Å². The molecule has 27 heavy (non-hydrogen) atoms. The van der Waals surface area contributed by atoms with E-state index in [1.807, 2.05) is 36.4 Å². The number of benzene rings is 2. The van der Waals surface area contributed by atoms with Crippen LogP contribution in [-0.4, -0.2) is 36.3 Å². The fourth-order valence-electron chi connectivity index (χ4n) is 3.14. The summed E-state index contributed by atoms with van der Waals surface area (Å²) in [7, 11) is 0. The number of morpholine rings is 1. The van der Waals surface area contributed by atoms with Crippen LogP contribution in [0.5, 0.6) is 0 Å². The first-order chi connectivity index (χ1) is 13.2. The van der Waals surface area contributed by atoms with Crippen molar-refractivity contribution >= 4 is 17.3 Å². The predicted molar refractivity (Wildman–Crippen MR) is 110 cm³/mol. The van der Waals surface area contributed by atoms with Gasteiger partial charge in [-0.1, -0.05) is 36.4 Å². The Hall–Kier alpha value is -2.92. The Morgan fingerprint density at radius 2 is 1.67 bits per heavy atom. The molecule has 0 saturated carbocycles. The van der Waals surface area contributed by atoms with Crippen LogP contribution in [0.2, 0.25) is 0 Å². The SMILES string of the molecule is Cc1ccc(Nc2cc(N3CCOCC3)nc(-c3ccccc3)n2)cc1C. The van der Waals surface area contributed by atoms with Crippen molar-refractivity contribution < 1.29 is 4.74 Å². The minimum absolute atomic E-state index is 0.727. The zero-order valence-corrected chi connectivity index (χ0v) is 15.8. The number of rotatable bonds is 4. The largest absolute Gasteiger partial charge is 0.378 e. The molecule has 0 spiro atoms. The Balaban J connectivity index is 1.71. The first kappa shape index (κ1) is 17.5. The number of anilines is 3. The fourth-order valence-corrected chi connectivity index (χ4v) is 3.14. The van der Waals surface area contributed by atoms with Gasteiger partial charge in [0.2, 0.25) is 0 Å². The first-order valence-corrected chi connectivity index (χ1v) is 9.30. The zero-order chi connectivity index (χ0) is 18.6. The molecule has 1 saturated heterocycles. The van der Waals surface area contributed by atoms with E-state index in [-0.39, 0.29) is 0 Å². The number of hydrogen-bond donors (Lipinski definition) is 1. The van der Waals surface area contributed by atoms with Crippen LogP contribution in [0.15, 0.2) is 54.6 Å². The van der Waals surface area contributed by atoms with Crippen LogP contribution in [0, 0.1) is 13.8 Å². The molecule has 0 amide bonds. The van der Waals surface area contributed by atoms with Gasteiger partial charge in [0.05, 0.1) is 13.2 Å². The van der Waals surface area contributed by atoms with Crippen LogP contribution in [0.1, 0.15) is 11.1 Å². The smallest absolute Gasteiger partial charge is 0.163 e. The van der Waals surface area contributed by atoms with E-state index < -0.39 is 0 Å². The van der Waals surface area contributed by atoms with Gasteiger partial charge in [0.25, 0.3) is 0 Å². The van der Waals surface area contributed by atoms with Crippen LogP contribution < -0.4 is 10.2 Å². The first-order valence-electron chi connectivity index (χ1n) is 9.30. The summed E-state index contributed by atoms with van der Waals surface area (Å²) < 4.78 is 5.49. The molecule has 3 aromatic rings. The number of hydrogen-bond acceptors (Lipinski definition) is 5. The summed E-state index contributed by atoms with van der Waals surface area (Å²) in [4.78, 5) is 11.8. The summed E-state index contributed by atoms with van der Waals surface area (Å²) in [6.07, 6.45) is 0. The third kappa shape index (κ3) is 4.09. The van der Waals surface area contributed by atoms with Crippen LogP contribution in [0.4, 0.5) is 17.3 Å². The van der Waals surface area contributed by atoms with Crippen LogP contribution >= 0.6 is 0 Å². The molecular formula is C22H24N4O. The van der Waals surface area contributed by atoms with E-state index in [1.165, 1.54) is 11.1 Å². The molecule has 1 aromatic heterocycles. The predicted octanol–water partition coefficient (Wildman–Crippen LogP) is 4.34. The van der Waals surface area contributed by atoms with Crippen LogP contribution in [-0.2, 0) is 4.74 Å². The number of nitrogens with zero attached hydrogens (tertiary/aromatic N) is 3. The standard InChI is InChI=1S/C22H24N4O/c1-16-8-9-19(14-17(16)2)23-20-15-21(26-10-12-27-13-11-26)25-22(24-20)18-6-4-3-5-7-18/h3-9,14-15H,10-13H2,1-2H3,(H,23,24,25). The second kappa shape index (κ2) is 7.76. The monoisotopic (exact) mass is 360 g/mol. The Kier molecular flexibility index (Phi) is 5.03. The van der Waals surface area contributed by atoms with Gasteiger partial charge < -0.3 is 15.0 Å². The third-order valence-corrected chi connectivity index (χ3v) is 4.86. The molecule has 5 nitrogen and oxygen atoms in total. The van der Waals surface area contributed by atoms with Crippen molar-refractivity contribution in [2.24, 2.45) is 0 Å². The van der Waals surface area contributed by atoms with Crippen LogP contribution in [0.25, 0.3) is 11.4 Å². The molecule has 5 heteroatoms. The zero-order valence-electron chi connectivity index (χ0n) is 15.8. The lowest BCUT2D eigenvalue weighted by Crippen LogP contribution is -2.36. The normalized spacial score (nSPS) is 14.2. The van der Waals surface area contributed by atoms with Gasteiger partial charge in [-0.2, -0.15) is 0 Å². The van der Waals surface area contributed by atoms with Gasteiger partial charge in [0.15, 0.2) is 5.82 Å². The summed E-state index contributed by atoms with van der Waals surface area (Å²) in [5, 5.41) is 3.45. The highest BCUT2D eigenvalue weighted by Crippen LogP contribution is 2.26. The van der Waals surface area contributed by atoms with E-state index in [0.29, 0.717) is 0 Å². The summed E-state index contributed by atoms with van der Waals surface area (Å²) in [5.74, 6) is 2.46. The Morgan fingerprint density at radius 3 is 2.41 bits per heavy atom. The van der Waals surface area contributed by atoms with E-state index in [1.54, 1.807) is 0 Å². The molecule has 0 aliphatic carbocycles. The quantitative estimate of drug-likeness (QED) is 0.750. The topological polar surface area (TPSA) is 50.3 Å². The van der Waals surface area contributed by atoms with Crippen molar-refractivity contribution in [2.45, 2.75) is 13.8 Å². The van der Waals surface area contributed by atoms with Gasteiger partial charge in [-0.3, -0.25) is 0 Å². The lowest BCUT2D eigenvalue weighted by Gasteiger charge is -2.28. The van der Waals surface area contributed by atoms with Gasteiger partial charge >= 0.3 is 0 Å². The molecule has 0 radical (unpaired) electrons. The fraction of sp³-hybridized carbons (Fsp3) is 0.273.